The van der Waals surface area contributed by atoms with Gasteiger partial charge in [-0.05, 0) is 44.6 Å². The van der Waals surface area contributed by atoms with Gasteiger partial charge in [0.1, 0.15) is 0 Å². The molecule has 2 aliphatic carbocycles. The molecule has 106 valence electrons. The van der Waals surface area contributed by atoms with Crippen LogP contribution >= 0.6 is 0 Å². The second-order valence-electron chi connectivity index (χ2n) is 7.45. The van der Waals surface area contributed by atoms with E-state index < -0.39 is 0 Å². The van der Waals surface area contributed by atoms with Crippen LogP contribution in [0.25, 0.3) is 0 Å². The van der Waals surface area contributed by atoms with Crippen molar-refractivity contribution in [2.24, 2.45) is 11.1 Å². The van der Waals surface area contributed by atoms with E-state index in [4.69, 9.17) is 5.73 Å². The molecule has 18 heavy (non-hydrogen) atoms. The summed E-state index contributed by atoms with van der Waals surface area (Å²) in [5.74, 6) is 0. The van der Waals surface area contributed by atoms with Gasteiger partial charge in [-0.3, -0.25) is 4.90 Å². The lowest BCUT2D eigenvalue weighted by Crippen LogP contribution is -2.54. The average molecular weight is 252 g/mol. The predicted octanol–water partition coefficient (Wildman–Crippen LogP) is 3.55. The highest BCUT2D eigenvalue weighted by Gasteiger charge is 2.37. The molecule has 0 radical (unpaired) electrons. The lowest BCUT2D eigenvalue weighted by molar-refractivity contribution is 0.0615. The Kier molecular flexibility index (Phi) is 4.71. The van der Waals surface area contributed by atoms with Gasteiger partial charge in [-0.2, -0.15) is 0 Å². The third-order valence-corrected chi connectivity index (χ3v) is 5.33. The highest BCUT2D eigenvalue weighted by molar-refractivity contribution is 4.94. The molecule has 0 bridgehead atoms. The molecule has 0 spiro atoms. The first kappa shape index (κ1) is 14.3. The van der Waals surface area contributed by atoms with E-state index in [9.17, 15) is 0 Å². The summed E-state index contributed by atoms with van der Waals surface area (Å²) < 4.78 is 0. The van der Waals surface area contributed by atoms with E-state index in [0.717, 1.165) is 6.04 Å². The van der Waals surface area contributed by atoms with E-state index in [1.807, 2.05) is 0 Å². The number of hydrogen-bond donors (Lipinski definition) is 1. The lowest BCUT2D eigenvalue weighted by Gasteiger charge is -2.46. The fourth-order valence-electron chi connectivity index (χ4n) is 3.95. The molecule has 2 fully saturated rings. The Morgan fingerprint density at radius 1 is 1.00 bits per heavy atom. The smallest absolute Gasteiger partial charge is 0.0252 e. The van der Waals surface area contributed by atoms with Gasteiger partial charge in [0.15, 0.2) is 0 Å². The number of likely N-dealkylation sites (N-methyl/N-ethyl adjacent to an activating group) is 1. The minimum Gasteiger partial charge on any atom is -0.326 e. The van der Waals surface area contributed by atoms with Crippen molar-refractivity contribution in [3.05, 3.63) is 0 Å². The van der Waals surface area contributed by atoms with Crippen LogP contribution < -0.4 is 5.73 Å². The first-order valence-electron chi connectivity index (χ1n) is 7.97. The van der Waals surface area contributed by atoms with Crippen molar-refractivity contribution in [1.82, 2.24) is 4.90 Å². The average Bonchev–Trinajstić information content (AvgIpc) is 2.60. The molecule has 0 amide bonds. The molecule has 2 nitrogen and oxygen atoms in total. The fourth-order valence-corrected chi connectivity index (χ4v) is 3.95. The van der Waals surface area contributed by atoms with Crippen LogP contribution in [-0.4, -0.2) is 30.1 Å². The van der Waals surface area contributed by atoms with Crippen LogP contribution in [0.15, 0.2) is 0 Å². The van der Waals surface area contributed by atoms with E-state index in [1.165, 1.54) is 57.8 Å². The van der Waals surface area contributed by atoms with Crippen LogP contribution in [-0.2, 0) is 0 Å². The lowest BCUT2D eigenvalue weighted by atomic mass is 9.72. The zero-order valence-corrected chi connectivity index (χ0v) is 12.6. The standard InChI is InChI=1S/C16H32N2/c1-16(2)11-10-14(17)15(12-16)18(3)13-8-6-4-5-7-9-13/h13-15H,4-12,17H2,1-3H3. The number of nitrogens with zero attached hydrogens (tertiary/aromatic N) is 1. The molecule has 2 N–H and O–H groups in total. The van der Waals surface area contributed by atoms with E-state index in [0.29, 0.717) is 17.5 Å². The summed E-state index contributed by atoms with van der Waals surface area (Å²) in [5, 5.41) is 0. The molecule has 0 aromatic carbocycles. The summed E-state index contributed by atoms with van der Waals surface area (Å²) in [7, 11) is 2.34. The SMILES string of the molecule is CN(C1CCCCCC1)C1CC(C)(C)CCC1N. The molecular formula is C16H32N2. The Bertz CT molecular complexity index is 254. The predicted molar refractivity (Wildman–Crippen MR) is 78.6 cm³/mol. The fraction of sp³-hybridized carbons (Fsp3) is 1.00. The highest BCUT2D eigenvalue weighted by Crippen LogP contribution is 2.38. The molecule has 2 saturated carbocycles. The zero-order chi connectivity index (χ0) is 13.2. The summed E-state index contributed by atoms with van der Waals surface area (Å²) >= 11 is 0. The third-order valence-electron chi connectivity index (χ3n) is 5.33. The summed E-state index contributed by atoms with van der Waals surface area (Å²) in [5.41, 5.74) is 6.89. The van der Waals surface area contributed by atoms with Crippen LogP contribution in [0.3, 0.4) is 0 Å². The van der Waals surface area contributed by atoms with Gasteiger partial charge in [0.2, 0.25) is 0 Å². The maximum atomic E-state index is 6.41. The molecule has 0 saturated heterocycles. The molecule has 0 heterocycles. The topological polar surface area (TPSA) is 29.3 Å². The second kappa shape index (κ2) is 5.92. The van der Waals surface area contributed by atoms with E-state index >= 15 is 0 Å². The number of hydrogen-bond acceptors (Lipinski definition) is 2. The summed E-state index contributed by atoms with van der Waals surface area (Å²) in [6, 6.07) is 1.79. The largest absolute Gasteiger partial charge is 0.326 e. The zero-order valence-electron chi connectivity index (χ0n) is 12.6. The van der Waals surface area contributed by atoms with Gasteiger partial charge >= 0.3 is 0 Å². The first-order valence-corrected chi connectivity index (χ1v) is 7.97. The molecule has 2 aliphatic rings. The molecule has 0 aromatic heterocycles. The van der Waals surface area contributed by atoms with Gasteiger partial charge in [0.25, 0.3) is 0 Å². The molecule has 2 unspecified atom stereocenters. The quantitative estimate of drug-likeness (QED) is 0.762. The molecule has 0 aromatic rings. The van der Waals surface area contributed by atoms with Crippen molar-refractivity contribution in [3.63, 3.8) is 0 Å². The van der Waals surface area contributed by atoms with Gasteiger partial charge in [-0.15, -0.1) is 0 Å². The van der Waals surface area contributed by atoms with Crippen LogP contribution in [0.2, 0.25) is 0 Å². The van der Waals surface area contributed by atoms with Gasteiger partial charge in [0.05, 0.1) is 0 Å². The molecule has 2 heteroatoms. The Balaban J connectivity index is 1.99. The van der Waals surface area contributed by atoms with Crippen molar-refractivity contribution in [2.75, 3.05) is 7.05 Å². The summed E-state index contributed by atoms with van der Waals surface area (Å²) in [6.45, 7) is 4.82. The van der Waals surface area contributed by atoms with E-state index in [2.05, 4.69) is 25.8 Å². The normalized spacial score (nSPS) is 34.5. The van der Waals surface area contributed by atoms with Crippen molar-refractivity contribution in [2.45, 2.75) is 89.8 Å². The molecule has 0 aliphatic heterocycles. The summed E-state index contributed by atoms with van der Waals surface area (Å²) in [6.07, 6.45) is 12.3. The monoisotopic (exact) mass is 252 g/mol. The Morgan fingerprint density at radius 2 is 1.61 bits per heavy atom. The maximum absolute atomic E-state index is 6.41. The van der Waals surface area contributed by atoms with Gasteiger partial charge in [-0.1, -0.05) is 39.5 Å². The van der Waals surface area contributed by atoms with Gasteiger partial charge in [0, 0.05) is 18.1 Å². The Labute approximate surface area is 113 Å². The second-order valence-corrected chi connectivity index (χ2v) is 7.45. The Morgan fingerprint density at radius 3 is 2.22 bits per heavy atom. The highest BCUT2D eigenvalue weighted by atomic mass is 15.2. The van der Waals surface area contributed by atoms with Crippen molar-refractivity contribution >= 4 is 0 Å². The molecular weight excluding hydrogens is 220 g/mol. The van der Waals surface area contributed by atoms with E-state index in [1.54, 1.807) is 0 Å². The third kappa shape index (κ3) is 3.48. The maximum Gasteiger partial charge on any atom is 0.0252 e. The van der Waals surface area contributed by atoms with Crippen molar-refractivity contribution in [3.8, 4) is 0 Å². The Hall–Kier alpha value is -0.0800. The van der Waals surface area contributed by atoms with E-state index in [-0.39, 0.29) is 0 Å². The number of nitrogens with two attached hydrogens (primary N) is 1. The summed E-state index contributed by atoms with van der Waals surface area (Å²) in [4.78, 5) is 2.65. The van der Waals surface area contributed by atoms with Crippen LogP contribution in [0, 0.1) is 5.41 Å². The molecule has 2 rings (SSSR count). The minimum atomic E-state index is 0.395. The van der Waals surface area contributed by atoms with Gasteiger partial charge in [-0.25, -0.2) is 0 Å². The minimum absolute atomic E-state index is 0.395. The van der Waals surface area contributed by atoms with Crippen molar-refractivity contribution in [1.29, 1.82) is 0 Å². The first-order chi connectivity index (χ1) is 8.49. The van der Waals surface area contributed by atoms with Crippen molar-refractivity contribution < 1.29 is 0 Å². The van der Waals surface area contributed by atoms with Crippen LogP contribution in [0.1, 0.15) is 71.6 Å². The van der Waals surface area contributed by atoms with Crippen LogP contribution in [0.5, 0.6) is 0 Å². The molecule has 2 atom stereocenters. The van der Waals surface area contributed by atoms with Crippen LogP contribution in [0.4, 0.5) is 0 Å². The number of rotatable bonds is 2. The van der Waals surface area contributed by atoms with Gasteiger partial charge < -0.3 is 5.73 Å².